The van der Waals surface area contributed by atoms with Gasteiger partial charge in [-0.1, -0.05) is 6.92 Å². The Morgan fingerprint density at radius 2 is 2.23 bits per heavy atom. The Balaban J connectivity index is 2.74. The van der Waals surface area contributed by atoms with Crippen LogP contribution in [0.2, 0.25) is 0 Å². The second-order valence-corrected chi connectivity index (χ2v) is 2.75. The molecule has 1 aromatic rings. The predicted molar refractivity (Wildman–Crippen MR) is 51.6 cm³/mol. The summed E-state index contributed by atoms with van der Waals surface area (Å²) < 4.78 is 0. The molecular formula is C10H14N2O. The fraction of sp³-hybridized carbons (Fsp3) is 0.400. The fourth-order valence-corrected chi connectivity index (χ4v) is 1.03. The number of hydrogen-bond acceptors (Lipinski definition) is 2. The van der Waals surface area contributed by atoms with Crippen molar-refractivity contribution in [3.63, 3.8) is 0 Å². The minimum absolute atomic E-state index is 0.0577. The van der Waals surface area contributed by atoms with Gasteiger partial charge >= 0.3 is 0 Å². The number of aryl methyl sites for hydroxylation is 1. The maximum atomic E-state index is 11.3. The molecule has 0 aromatic carbocycles. The molecule has 13 heavy (non-hydrogen) atoms. The largest absolute Gasteiger partial charge is 0.352 e. The zero-order valence-electron chi connectivity index (χ0n) is 8.00. The summed E-state index contributed by atoms with van der Waals surface area (Å²) in [6.07, 6.45) is 2.51. The van der Waals surface area contributed by atoms with Crippen LogP contribution in [0.1, 0.15) is 29.9 Å². The van der Waals surface area contributed by atoms with Crippen LogP contribution >= 0.6 is 0 Å². The van der Waals surface area contributed by atoms with Crippen molar-refractivity contribution in [3.05, 3.63) is 29.6 Å². The summed E-state index contributed by atoms with van der Waals surface area (Å²) in [4.78, 5) is 15.4. The van der Waals surface area contributed by atoms with Crippen molar-refractivity contribution in [2.24, 2.45) is 0 Å². The summed E-state index contributed by atoms with van der Waals surface area (Å²) >= 11 is 0. The number of carbonyl (C=O) groups excluding carboxylic acids is 1. The Morgan fingerprint density at radius 1 is 1.46 bits per heavy atom. The van der Waals surface area contributed by atoms with E-state index in [1.807, 2.05) is 19.9 Å². The number of nitrogens with one attached hydrogen (secondary N) is 1. The molecule has 0 unspecified atom stereocenters. The molecule has 0 saturated heterocycles. The summed E-state index contributed by atoms with van der Waals surface area (Å²) in [6.45, 7) is 4.58. The number of hydrogen-bond donors (Lipinski definition) is 1. The van der Waals surface area contributed by atoms with Gasteiger partial charge in [-0.2, -0.15) is 0 Å². The van der Waals surface area contributed by atoms with Gasteiger partial charge in [-0.15, -0.1) is 0 Å². The first kappa shape index (κ1) is 9.71. The van der Waals surface area contributed by atoms with Gasteiger partial charge in [0.1, 0.15) is 0 Å². The third-order valence-electron chi connectivity index (χ3n) is 1.79. The molecule has 0 fully saturated rings. The summed E-state index contributed by atoms with van der Waals surface area (Å²) in [5.74, 6) is -0.0577. The molecule has 1 aromatic heterocycles. The van der Waals surface area contributed by atoms with Crippen LogP contribution in [0, 0.1) is 0 Å². The summed E-state index contributed by atoms with van der Waals surface area (Å²) in [6, 6.07) is 3.68. The first-order chi connectivity index (χ1) is 6.27. The zero-order chi connectivity index (χ0) is 9.68. The molecule has 0 aliphatic heterocycles. The first-order valence-electron chi connectivity index (χ1n) is 4.51. The van der Waals surface area contributed by atoms with Crippen molar-refractivity contribution in [2.75, 3.05) is 6.54 Å². The maximum Gasteiger partial charge on any atom is 0.252 e. The smallest absolute Gasteiger partial charge is 0.252 e. The Hall–Kier alpha value is -1.38. The second-order valence-electron chi connectivity index (χ2n) is 2.75. The van der Waals surface area contributed by atoms with Crippen LogP contribution in [0.3, 0.4) is 0 Å². The molecule has 0 spiro atoms. The van der Waals surface area contributed by atoms with E-state index in [1.54, 1.807) is 12.3 Å². The summed E-state index contributed by atoms with van der Waals surface area (Å²) in [7, 11) is 0. The molecule has 1 amide bonds. The van der Waals surface area contributed by atoms with E-state index in [-0.39, 0.29) is 5.91 Å². The van der Waals surface area contributed by atoms with Crippen molar-refractivity contribution in [2.45, 2.75) is 20.3 Å². The fourth-order valence-electron chi connectivity index (χ4n) is 1.03. The Morgan fingerprint density at radius 3 is 2.69 bits per heavy atom. The van der Waals surface area contributed by atoms with Gasteiger partial charge in [0.2, 0.25) is 0 Å². The van der Waals surface area contributed by atoms with Gasteiger partial charge in [0.15, 0.2) is 0 Å². The van der Waals surface area contributed by atoms with E-state index in [9.17, 15) is 4.79 Å². The molecule has 0 saturated carbocycles. The molecule has 0 aliphatic rings. The Kier molecular flexibility index (Phi) is 3.43. The molecule has 0 bridgehead atoms. The highest BCUT2D eigenvalue weighted by atomic mass is 16.1. The average Bonchev–Trinajstić information content (AvgIpc) is 2.18. The maximum absolute atomic E-state index is 11.3. The van der Waals surface area contributed by atoms with Gasteiger partial charge in [0.05, 0.1) is 5.56 Å². The van der Waals surface area contributed by atoms with Crippen molar-refractivity contribution >= 4 is 5.91 Å². The third-order valence-corrected chi connectivity index (χ3v) is 1.79. The van der Waals surface area contributed by atoms with Gasteiger partial charge < -0.3 is 5.32 Å². The number of nitrogens with zero attached hydrogens (tertiary/aromatic N) is 1. The van der Waals surface area contributed by atoms with Gasteiger partial charge in [-0.05, 0) is 25.5 Å². The van der Waals surface area contributed by atoms with Crippen LogP contribution < -0.4 is 5.32 Å². The highest BCUT2D eigenvalue weighted by Gasteiger charge is 2.02. The van der Waals surface area contributed by atoms with Crippen LogP contribution in [0.4, 0.5) is 0 Å². The lowest BCUT2D eigenvalue weighted by Crippen LogP contribution is -2.22. The molecule has 3 nitrogen and oxygen atoms in total. The van der Waals surface area contributed by atoms with Crippen LogP contribution in [0.15, 0.2) is 18.3 Å². The number of amides is 1. The van der Waals surface area contributed by atoms with Crippen LogP contribution in [0.5, 0.6) is 0 Å². The van der Waals surface area contributed by atoms with E-state index < -0.39 is 0 Å². The first-order valence-corrected chi connectivity index (χ1v) is 4.51. The topological polar surface area (TPSA) is 42.0 Å². The van der Waals surface area contributed by atoms with E-state index in [4.69, 9.17) is 0 Å². The quantitative estimate of drug-likeness (QED) is 0.760. The van der Waals surface area contributed by atoms with Gasteiger partial charge in [0.25, 0.3) is 5.91 Å². The van der Waals surface area contributed by atoms with E-state index in [2.05, 4.69) is 10.3 Å². The lowest BCUT2D eigenvalue weighted by Gasteiger charge is -2.01. The molecule has 1 N–H and O–H groups in total. The Bertz CT molecular complexity index is 279. The molecular weight excluding hydrogens is 164 g/mol. The molecule has 3 heteroatoms. The molecule has 70 valence electrons. The number of carbonyl (C=O) groups is 1. The highest BCUT2D eigenvalue weighted by molar-refractivity contribution is 5.93. The van der Waals surface area contributed by atoms with Crippen molar-refractivity contribution < 1.29 is 4.79 Å². The van der Waals surface area contributed by atoms with E-state index in [1.165, 1.54) is 0 Å². The lowest BCUT2D eigenvalue weighted by atomic mass is 10.2. The number of aromatic nitrogens is 1. The van der Waals surface area contributed by atoms with Gasteiger partial charge in [-0.25, -0.2) is 0 Å². The van der Waals surface area contributed by atoms with Crippen molar-refractivity contribution in [1.29, 1.82) is 0 Å². The second kappa shape index (κ2) is 4.60. The highest BCUT2D eigenvalue weighted by Crippen LogP contribution is 2.00. The lowest BCUT2D eigenvalue weighted by molar-refractivity contribution is 0.0955. The van der Waals surface area contributed by atoms with Crippen molar-refractivity contribution in [1.82, 2.24) is 10.3 Å². The van der Waals surface area contributed by atoms with Crippen LogP contribution in [-0.2, 0) is 6.42 Å². The third kappa shape index (κ3) is 2.54. The standard InChI is InChI=1S/C10H14N2O/c1-3-9-6-5-8(7-12-9)10(13)11-4-2/h5-7H,3-4H2,1-2H3,(H,11,13). The monoisotopic (exact) mass is 178 g/mol. The van der Waals surface area contributed by atoms with E-state index in [0.29, 0.717) is 12.1 Å². The van der Waals surface area contributed by atoms with Crippen LogP contribution in [0.25, 0.3) is 0 Å². The number of pyridine rings is 1. The molecule has 1 rings (SSSR count). The molecule has 0 atom stereocenters. The van der Waals surface area contributed by atoms with Gasteiger partial charge in [-0.3, -0.25) is 9.78 Å². The van der Waals surface area contributed by atoms with Crippen molar-refractivity contribution in [3.8, 4) is 0 Å². The Labute approximate surface area is 78.2 Å². The summed E-state index contributed by atoms with van der Waals surface area (Å²) in [5, 5.41) is 2.72. The zero-order valence-corrected chi connectivity index (χ0v) is 8.00. The van der Waals surface area contributed by atoms with E-state index in [0.717, 1.165) is 12.1 Å². The normalized spacial score (nSPS) is 9.69. The molecule has 1 heterocycles. The van der Waals surface area contributed by atoms with E-state index >= 15 is 0 Å². The number of rotatable bonds is 3. The predicted octanol–water partition coefficient (Wildman–Crippen LogP) is 1.39. The average molecular weight is 178 g/mol. The van der Waals surface area contributed by atoms with Crippen LogP contribution in [-0.4, -0.2) is 17.4 Å². The summed E-state index contributed by atoms with van der Waals surface area (Å²) in [5.41, 5.74) is 1.63. The minimum Gasteiger partial charge on any atom is -0.352 e. The molecule has 0 radical (unpaired) electrons. The van der Waals surface area contributed by atoms with Gasteiger partial charge in [0, 0.05) is 18.4 Å². The SMILES string of the molecule is CCNC(=O)c1ccc(CC)nc1. The molecule has 0 aliphatic carbocycles. The minimum atomic E-state index is -0.0577.